The van der Waals surface area contributed by atoms with E-state index < -0.39 is 0 Å². The Kier molecular flexibility index (Phi) is 6.45. The summed E-state index contributed by atoms with van der Waals surface area (Å²) < 4.78 is 0. The standard InChI is InChI=1S/C15H25N3O2/c1-4-12-9-11(10-14(16)17-12)15(20)18(7-8-19)13(5-2)6-3/h9-10,13,19H,4-8H2,1-3H3,(H2,16,17). The largest absolute Gasteiger partial charge is 0.395 e. The molecule has 0 bridgehead atoms. The number of carbonyl (C=O) groups excluding carboxylic acids is 1. The van der Waals surface area contributed by atoms with E-state index in [1.807, 2.05) is 20.8 Å². The number of nitrogens with zero attached hydrogens (tertiary/aromatic N) is 2. The summed E-state index contributed by atoms with van der Waals surface area (Å²) in [6, 6.07) is 3.52. The third-order valence-electron chi connectivity index (χ3n) is 3.49. The van der Waals surface area contributed by atoms with Crippen molar-refractivity contribution < 1.29 is 9.90 Å². The third kappa shape index (κ3) is 3.93. The van der Waals surface area contributed by atoms with Crippen molar-refractivity contribution >= 4 is 11.7 Å². The minimum absolute atomic E-state index is 0.0383. The highest BCUT2D eigenvalue weighted by molar-refractivity contribution is 5.95. The molecule has 0 saturated heterocycles. The zero-order valence-electron chi connectivity index (χ0n) is 12.6. The fourth-order valence-electron chi connectivity index (χ4n) is 2.37. The predicted molar refractivity (Wildman–Crippen MR) is 80.5 cm³/mol. The van der Waals surface area contributed by atoms with Gasteiger partial charge in [-0.05, 0) is 31.4 Å². The maximum Gasteiger partial charge on any atom is 0.254 e. The van der Waals surface area contributed by atoms with Gasteiger partial charge >= 0.3 is 0 Å². The predicted octanol–water partition coefficient (Wildman–Crippen LogP) is 1.85. The van der Waals surface area contributed by atoms with Gasteiger partial charge in [0.1, 0.15) is 5.82 Å². The second kappa shape index (κ2) is 7.85. The molecule has 0 aliphatic heterocycles. The lowest BCUT2D eigenvalue weighted by atomic mass is 10.1. The molecular formula is C15H25N3O2. The van der Waals surface area contributed by atoms with E-state index in [-0.39, 0.29) is 18.6 Å². The molecule has 1 heterocycles. The monoisotopic (exact) mass is 279 g/mol. The number of rotatable bonds is 7. The van der Waals surface area contributed by atoms with Gasteiger partial charge in [-0.2, -0.15) is 0 Å². The average Bonchev–Trinajstić information content (AvgIpc) is 2.46. The van der Waals surface area contributed by atoms with Crippen molar-refractivity contribution in [1.29, 1.82) is 0 Å². The number of hydrogen-bond donors (Lipinski definition) is 2. The van der Waals surface area contributed by atoms with E-state index in [0.29, 0.717) is 17.9 Å². The van der Waals surface area contributed by atoms with Crippen molar-refractivity contribution in [1.82, 2.24) is 9.88 Å². The molecule has 0 spiro atoms. The number of aryl methyl sites for hydroxylation is 1. The van der Waals surface area contributed by atoms with Gasteiger partial charge in [0.25, 0.3) is 5.91 Å². The molecule has 1 aromatic rings. The Morgan fingerprint density at radius 1 is 1.35 bits per heavy atom. The molecule has 3 N–H and O–H groups in total. The van der Waals surface area contributed by atoms with E-state index in [1.165, 1.54) is 0 Å². The smallest absolute Gasteiger partial charge is 0.254 e. The molecule has 112 valence electrons. The van der Waals surface area contributed by atoms with Crippen molar-refractivity contribution in [2.45, 2.75) is 46.1 Å². The lowest BCUT2D eigenvalue weighted by molar-refractivity contribution is 0.0622. The third-order valence-corrected chi connectivity index (χ3v) is 3.49. The molecule has 1 amide bonds. The number of carbonyl (C=O) groups is 1. The van der Waals surface area contributed by atoms with Crippen LogP contribution in [0.2, 0.25) is 0 Å². The first-order valence-corrected chi connectivity index (χ1v) is 7.25. The van der Waals surface area contributed by atoms with Crippen LogP contribution in [0, 0.1) is 0 Å². The van der Waals surface area contributed by atoms with E-state index in [1.54, 1.807) is 17.0 Å². The molecule has 1 aromatic heterocycles. The Hall–Kier alpha value is -1.62. The topological polar surface area (TPSA) is 79.5 Å². The number of aliphatic hydroxyl groups excluding tert-OH is 1. The SMILES string of the molecule is CCc1cc(C(=O)N(CCO)C(CC)CC)cc(N)n1. The van der Waals surface area contributed by atoms with Crippen LogP contribution < -0.4 is 5.73 Å². The van der Waals surface area contributed by atoms with Crippen molar-refractivity contribution in [3.05, 3.63) is 23.4 Å². The summed E-state index contributed by atoms with van der Waals surface area (Å²) >= 11 is 0. The Morgan fingerprint density at radius 2 is 2.00 bits per heavy atom. The number of anilines is 1. The molecule has 0 aliphatic rings. The fourth-order valence-corrected chi connectivity index (χ4v) is 2.37. The zero-order chi connectivity index (χ0) is 15.1. The quantitative estimate of drug-likeness (QED) is 0.798. The minimum Gasteiger partial charge on any atom is -0.395 e. The van der Waals surface area contributed by atoms with Gasteiger partial charge in [-0.15, -0.1) is 0 Å². The van der Waals surface area contributed by atoms with Crippen LogP contribution in [0.15, 0.2) is 12.1 Å². The van der Waals surface area contributed by atoms with E-state index >= 15 is 0 Å². The van der Waals surface area contributed by atoms with Gasteiger partial charge in [0, 0.05) is 23.8 Å². The summed E-state index contributed by atoms with van der Waals surface area (Å²) in [5, 5.41) is 9.20. The van der Waals surface area contributed by atoms with Gasteiger partial charge in [0.15, 0.2) is 0 Å². The van der Waals surface area contributed by atoms with Gasteiger partial charge in [-0.1, -0.05) is 20.8 Å². The number of aliphatic hydroxyl groups is 1. The molecule has 0 radical (unpaired) electrons. The molecule has 5 nitrogen and oxygen atoms in total. The summed E-state index contributed by atoms with van der Waals surface area (Å²) in [4.78, 5) is 18.6. The van der Waals surface area contributed by atoms with Gasteiger partial charge in [0.05, 0.1) is 6.61 Å². The van der Waals surface area contributed by atoms with Crippen LogP contribution in [0.3, 0.4) is 0 Å². The molecule has 0 aliphatic carbocycles. The van der Waals surface area contributed by atoms with E-state index in [4.69, 9.17) is 5.73 Å². The van der Waals surface area contributed by atoms with E-state index in [9.17, 15) is 9.90 Å². The van der Waals surface area contributed by atoms with E-state index in [0.717, 1.165) is 25.0 Å². The van der Waals surface area contributed by atoms with Crippen molar-refractivity contribution in [3.8, 4) is 0 Å². The summed E-state index contributed by atoms with van der Waals surface area (Å²) in [6.07, 6.45) is 2.46. The molecule has 0 atom stereocenters. The summed E-state index contributed by atoms with van der Waals surface area (Å²) in [6.45, 7) is 6.37. The Bertz CT molecular complexity index is 445. The molecule has 0 aromatic carbocycles. The lowest BCUT2D eigenvalue weighted by Crippen LogP contribution is -2.41. The highest BCUT2D eigenvalue weighted by atomic mass is 16.3. The van der Waals surface area contributed by atoms with Crippen LogP contribution in [-0.2, 0) is 6.42 Å². The molecule has 0 fully saturated rings. The first-order chi connectivity index (χ1) is 9.57. The second-order valence-corrected chi connectivity index (χ2v) is 4.82. The number of pyridine rings is 1. The maximum absolute atomic E-state index is 12.6. The number of nitrogens with two attached hydrogens (primary N) is 1. The summed E-state index contributed by atoms with van der Waals surface area (Å²) in [7, 11) is 0. The maximum atomic E-state index is 12.6. The van der Waals surface area contributed by atoms with Crippen LogP contribution >= 0.6 is 0 Å². The van der Waals surface area contributed by atoms with Crippen LogP contribution in [-0.4, -0.2) is 40.1 Å². The van der Waals surface area contributed by atoms with Crippen molar-refractivity contribution in [2.24, 2.45) is 0 Å². The molecule has 1 rings (SSSR count). The number of nitrogen functional groups attached to an aromatic ring is 1. The molecule has 5 heteroatoms. The van der Waals surface area contributed by atoms with Crippen LogP contribution in [0.4, 0.5) is 5.82 Å². The van der Waals surface area contributed by atoms with Crippen LogP contribution in [0.25, 0.3) is 0 Å². The van der Waals surface area contributed by atoms with Gasteiger partial charge in [-0.3, -0.25) is 4.79 Å². The van der Waals surface area contributed by atoms with Crippen LogP contribution in [0.5, 0.6) is 0 Å². The first kappa shape index (κ1) is 16.4. The molecule has 0 unspecified atom stereocenters. The van der Waals surface area contributed by atoms with Crippen LogP contribution in [0.1, 0.15) is 49.7 Å². The molecular weight excluding hydrogens is 254 g/mol. The second-order valence-electron chi connectivity index (χ2n) is 4.82. The Labute approximate surface area is 120 Å². The number of amides is 1. The van der Waals surface area contributed by atoms with E-state index in [2.05, 4.69) is 4.98 Å². The molecule has 0 saturated carbocycles. The number of hydrogen-bond acceptors (Lipinski definition) is 4. The summed E-state index contributed by atoms with van der Waals surface area (Å²) in [5.41, 5.74) is 7.11. The minimum atomic E-state index is -0.0865. The zero-order valence-corrected chi connectivity index (χ0v) is 12.6. The lowest BCUT2D eigenvalue weighted by Gasteiger charge is -2.30. The van der Waals surface area contributed by atoms with Gasteiger partial charge in [0.2, 0.25) is 0 Å². The highest BCUT2D eigenvalue weighted by Gasteiger charge is 2.22. The number of aromatic nitrogens is 1. The average molecular weight is 279 g/mol. The Balaban J connectivity index is 3.08. The summed E-state index contributed by atoms with van der Waals surface area (Å²) in [5.74, 6) is 0.276. The van der Waals surface area contributed by atoms with Crippen molar-refractivity contribution in [3.63, 3.8) is 0 Å². The highest BCUT2D eigenvalue weighted by Crippen LogP contribution is 2.16. The Morgan fingerprint density at radius 3 is 2.50 bits per heavy atom. The fraction of sp³-hybridized carbons (Fsp3) is 0.600. The van der Waals surface area contributed by atoms with Crippen molar-refractivity contribution in [2.75, 3.05) is 18.9 Å². The van der Waals surface area contributed by atoms with Gasteiger partial charge in [-0.25, -0.2) is 4.98 Å². The normalized spacial score (nSPS) is 10.8. The molecule has 20 heavy (non-hydrogen) atoms. The van der Waals surface area contributed by atoms with Gasteiger partial charge < -0.3 is 15.7 Å². The first-order valence-electron chi connectivity index (χ1n) is 7.25.